The number of hydrogen-bond donors (Lipinski definition) is 1. The summed E-state index contributed by atoms with van der Waals surface area (Å²) in [6, 6.07) is 11.8. The van der Waals surface area contributed by atoms with Gasteiger partial charge in [-0.05, 0) is 43.4 Å². The van der Waals surface area contributed by atoms with Crippen molar-refractivity contribution in [2.75, 3.05) is 13.7 Å². The maximum absolute atomic E-state index is 12.4. The number of allylic oxidation sites excluding steroid dienone is 1. The quantitative estimate of drug-likeness (QED) is 0.581. The molecule has 0 aromatic heterocycles. The van der Waals surface area contributed by atoms with Crippen molar-refractivity contribution < 1.29 is 19.4 Å². The number of esters is 1. The first-order valence-corrected chi connectivity index (χ1v) is 8.36. The van der Waals surface area contributed by atoms with E-state index in [0.717, 1.165) is 12.0 Å². The second-order valence-corrected chi connectivity index (χ2v) is 5.64. The molecule has 1 N–H and O–H groups in total. The maximum Gasteiger partial charge on any atom is 0.342 e. The summed E-state index contributed by atoms with van der Waals surface area (Å²) >= 11 is 0. The van der Waals surface area contributed by atoms with Gasteiger partial charge < -0.3 is 14.6 Å². The summed E-state index contributed by atoms with van der Waals surface area (Å²) in [5.41, 5.74) is 2.63. The lowest BCUT2D eigenvalue weighted by Crippen LogP contribution is -2.11. The third kappa shape index (κ3) is 4.41. The lowest BCUT2D eigenvalue weighted by Gasteiger charge is -2.17. The number of rotatable bonds is 8. The van der Waals surface area contributed by atoms with E-state index in [-0.39, 0.29) is 17.9 Å². The molecule has 0 atom stereocenters. The summed E-state index contributed by atoms with van der Waals surface area (Å²) in [6.07, 6.45) is 3.41. The average Bonchev–Trinajstić information content (AvgIpc) is 2.62. The number of methoxy groups -OCH3 is 1. The van der Waals surface area contributed by atoms with Crippen LogP contribution in [0.15, 0.2) is 49.1 Å². The standard InChI is InChI=1S/C21H24O4/c1-4-9-17-18(24-3)14-16(13-12-15-10-7-6-8-11-15)19(20(17)22)21(23)25-5-2/h4,6-8,10-11,14,22H,1,5,9,12-13H2,2-3H3. The Balaban J connectivity index is 2.45. The van der Waals surface area contributed by atoms with Crippen LogP contribution in [0.2, 0.25) is 0 Å². The van der Waals surface area contributed by atoms with Gasteiger partial charge >= 0.3 is 5.97 Å². The van der Waals surface area contributed by atoms with E-state index in [2.05, 4.69) is 6.58 Å². The fourth-order valence-electron chi connectivity index (χ4n) is 2.81. The zero-order valence-corrected chi connectivity index (χ0v) is 14.7. The molecular formula is C21H24O4. The van der Waals surface area contributed by atoms with Gasteiger partial charge in [0, 0.05) is 5.56 Å². The van der Waals surface area contributed by atoms with E-state index < -0.39 is 5.97 Å². The lowest BCUT2D eigenvalue weighted by molar-refractivity contribution is 0.0521. The van der Waals surface area contributed by atoms with Crippen molar-refractivity contribution in [3.05, 3.63) is 71.3 Å². The summed E-state index contributed by atoms with van der Waals surface area (Å²) in [7, 11) is 1.55. The SMILES string of the molecule is C=CCc1c(OC)cc(CCc2ccccc2)c(C(=O)OCC)c1O. The molecule has 0 fully saturated rings. The van der Waals surface area contributed by atoms with E-state index in [9.17, 15) is 9.90 Å². The minimum atomic E-state index is -0.518. The summed E-state index contributed by atoms with van der Waals surface area (Å²) < 4.78 is 10.5. The molecule has 0 bridgehead atoms. The van der Waals surface area contributed by atoms with Crippen molar-refractivity contribution in [2.24, 2.45) is 0 Å². The Hall–Kier alpha value is -2.75. The molecule has 25 heavy (non-hydrogen) atoms. The van der Waals surface area contributed by atoms with Gasteiger partial charge in [-0.15, -0.1) is 6.58 Å². The number of ether oxygens (including phenoxy) is 2. The van der Waals surface area contributed by atoms with E-state index in [1.807, 2.05) is 36.4 Å². The van der Waals surface area contributed by atoms with E-state index in [0.29, 0.717) is 29.7 Å². The molecule has 132 valence electrons. The summed E-state index contributed by atoms with van der Waals surface area (Å²) in [5.74, 6) is -0.0506. The molecule has 0 spiro atoms. The highest BCUT2D eigenvalue weighted by atomic mass is 16.5. The van der Waals surface area contributed by atoms with E-state index in [1.165, 1.54) is 0 Å². The van der Waals surface area contributed by atoms with Gasteiger partial charge in [-0.25, -0.2) is 4.79 Å². The van der Waals surface area contributed by atoms with Crippen molar-refractivity contribution in [2.45, 2.75) is 26.2 Å². The van der Waals surface area contributed by atoms with Crippen molar-refractivity contribution in [3.63, 3.8) is 0 Å². The molecule has 2 aromatic carbocycles. The number of aromatic hydroxyl groups is 1. The molecule has 0 radical (unpaired) electrons. The lowest BCUT2D eigenvalue weighted by atomic mass is 9.94. The molecule has 0 heterocycles. The Labute approximate surface area is 148 Å². The van der Waals surface area contributed by atoms with Gasteiger partial charge in [-0.2, -0.15) is 0 Å². The van der Waals surface area contributed by atoms with Crippen LogP contribution in [0.25, 0.3) is 0 Å². The Kier molecular flexibility index (Phi) is 6.63. The molecule has 0 amide bonds. The molecule has 0 aliphatic rings. The zero-order chi connectivity index (χ0) is 18.2. The van der Waals surface area contributed by atoms with Crippen LogP contribution in [-0.2, 0) is 24.0 Å². The summed E-state index contributed by atoms with van der Waals surface area (Å²) in [4.78, 5) is 12.4. The number of phenolic OH excluding ortho intramolecular Hbond substituents is 1. The number of hydrogen-bond acceptors (Lipinski definition) is 4. The smallest absolute Gasteiger partial charge is 0.342 e. The normalized spacial score (nSPS) is 10.3. The van der Waals surface area contributed by atoms with E-state index >= 15 is 0 Å². The molecule has 4 heteroatoms. The van der Waals surface area contributed by atoms with Gasteiger partial charge in [-0.1, -0.05) is 36.4 Å². The molecular weight excluding hydrogens is 316 g/mol. The van der Waals surface area contributed by atoms with Crippen molar-refractivity contribution >= 4 is 5.97 Å². The van der Waals surface area contributed by atoms with E-state index in [4.69, 9.17) is 9.47 Å². The predicted molar refractivity (Wildman–Crippen MR) is 98.4 cm³/mol. The highest BCUT2D eigenvalue weighted by molar-refractivity contribution is 5.95. The second kappa shape index (κ2) is 8.92. The van der Waals surface area contributed by atoms with Crippen LogP contribution < -0.4 is 4.74 Å². The van der Waals surface area contributed by atoms with Gasteiger partial charge in [0.25, 0.3) is 0 Å². The van der Waals surface area contributed by atoms with Crippen LogP contribution >= 0.6 is 0 Å². The first kappa shape index (κ1) is 18.6. The monoisotopic (exact) mass is 340 g/mol. The topological polar surface area (TPSA) is 55.8 Å². The first-order chi connectivity index (χ1) is 12.1. The van der Waals surface area contributed by atoms with E-state index in [1.54, 1.807) is 20.1 Å². The number of aryl methyl sites for hydroxylation is 2. The molecule has 4 nitrogen and oxygen atoms in total. The third-order valence-electron chi connectivity index (χ3n) is 4.02. The summed E-state index contributed by atoms with van der Waals surface area (Å²) in [5, 5.41) is 10.7. The third-order valence-corrected chi connectivity index (χ3v) is 4.02. The largest absolute Gasteiger partial charge is 0.507 e. The van der Waals surface area contributed by atoms with Gasteiger partial charge in [0.15, 0.2) is 0 Å². The maximum atomic E-state index is 12.4. The molecule has 0 saturated heterocycles. The molecule has 2 aromatic rings. The van der Waals surface area contributed by atoms with Crippen molar-refractivity contribution in [1.29, 1.82) is 0 Å². The molecule has 0 aliphatic heterocycles. The van der Waals surface area contributed by atoms with Crippen LogP contribution in [-0.4, -0.2) is 24.8 Å². The molecule has 0 unspecified atom stereocenters. The Morgan fingerprint density at radius 2 is 1.96 bits per heavy atom. The predicted octanol–water partition coefficient (Wildman–Crippen LogP) is 4.09. The Morgan fingerprint density at radius 3 is 2.56 bits per heavy atom. The highest BCUT2D eigenvalue weighted by Gasteiger charge is 2.23. The van der Waals surface area contributed by atoms with Gasteiger partial charge in [-0.3, -0.25) is 0 Å². The number of carbonyl (C=O) groups excluding carboxylic acids is 1. The highest BCUT2D eigenvalue weighted by Crippen LogP contribution is 2.36. The number of carbonyl (C=O) groups is 1. The minimum absolute atomic E-state index is 0.0826. The van der Waals surface area contributed by atoms with Gasteiger partial charge in [0.2, 0.25) is 0 Å². The van der Waals surface area contributed by atoms with Crippen LogP contribution in [0.4, 0.5) is 0 Å². The minimum Gasteiger partial charge on any atom is -0.507 e. The number of benzene rings is 2. The average molecular weight is 340 g/mol. The van der Waals surface area contributed by atoms with Crippen LogP contribution in [0, 0.1) is 0 Å². The van der Waals surface area contributed by atoms with Gasteiger partial charge in [0.05, 0.1) is 13.7 Å². The fraction of sp³-hybridized carbons (Fsp3) is 0.286. The Morgan fingerprint density at radius 1 is 1.24 bits per heavy atom. The van der Waals surface area contributed by atoms with Gasteiger partial charge in [0.1, 0.15) is 17.1 Å². The molecule has 2 rings (SSSR count). The van der Waals surface area contributed by atoms with Crippen molar-refractivity contribution in [1.82, 2.24) is 0 Å². The second-order valence-electron chi connectivity index (χ2n) is 5.64. The summed E-state index contributed by atoms with van der Waals surface area (Å²) in [6.45, 7) is 5.69. The number of phenols is 1. The fourth-order valence-corrected chi connectivity index (χ4v) is 2.81. The van der Waals surface area contributed by atoms with Crippen molar-refractivity contribution in [3.8, 4) is 11.5 Å². The molecule has 0 aliphatic carbocycles. The Bertz CT molecular complexity index is 735. The molecule has 0 saturated carbocycles. The van der Waals surface area contributed by atoms with Crippen LogP contribution in [0.5, 0.6) is 11.5 Å². The van der Waals surface area contributed by atoms with Crippen LogP contribution in [0.3, 0.4) is 0 Å². The van der Waals surface area contributed by atoms with Crippen LogP contribution in [0.1, 0.15) is 34.0 Å². The zero-order valence-electron chi connectivity index (χ0n) is 14.7. The first-order valence-electron chi connectivity index (χ1n) is 8.36.